The van der Waals surface area contributed by atoms with Crippen LogP contribution < -0.4 is 5.32 Å². The van der Waals surface area contributed by atoms with Gasteiger partial charge in [0, 0.05) is 5.02 Å². The molecule has 1 atom stereocenters. The summed E-state index contributed by atoms with van der Waals surface area (Å²) in [7, 11) is 0. The number of aromatic nitrogens is 1. The zero-order valence-electron chi connectivity index (χ0n) is 10.7. The number of thiazole rings is 1. The molecule has 6 heteroatoms. The number of alkyl halides is 1. The fraction of sp³-hybridized carbons (Fsp3) is 0.385. The molecule has 0 saturated heterocycles. The number of anilines is 1. The lowest BCUT2D eigenvalue weighted by molar-refractivity contribution is -0.115. The van der Waals surface area contributed by atoms with Gasteiger partial charge in [0.15, 0.2) is 5.13 Å². The van der Waals surface area contributed by atoms with Crippen LogP contribution in [0.15, 0.2) is 12.1 Å². The maximum Gasteiger partial charge on any atom is 0.239 e. The molecule has 1 N–H and O–H groups in total. The normalized spacial score (nSPS) is 12.6. The maximum absolute atomic E-state index is 11.9. The van der Waals surface area contributed by atoms with Gasteiger partial charge in [0.1, 0.15) is 0 Å². The Bertz CT molecular complexity index is 575. The fourth-order valence-corrected chi connectivity index (χ4v) is 3.35. The molecule has 0 saturated carbocycles. The molecule has 1 aromatic carbocycles. The van der Waals surface area contributed by atoms with Crippen LogP contribution in [0.25, 0.3) is 10.2 Å². The second-order valence-corrected chi connectivity index (χ2v) is 6.88. The number of carbonyl (C=O) groups is 1. The molecule has 1 amide bonds. The highest BCUT2D eigenvalue weighted by molar-refractivity contribution is 9.10. The van der Waals surface area contributed by atoms with Crippen LogP contribution in [0.3, 0.4) is 0 Å². The molecule has 2 aromatic rings. The van der Waals surface area contributed by atoms with Crippen LogP contribution in [0.4, 0.5) is 5.13 Å². The monoisotopic (exact) mass is 360 g/mol. The van der Waals surface area contributed by atoms with E-state index in [-0.39, 0.29) is 10.7 Å². The zero-order valence-corrected chi connectivity index (χ0v) is 13.8. The molecule has 0 unspecified atom stereocenters. The van der Waals surface area contributed by atoms with Crippen LogP contribution in [-0.4, -0.2) is 15.7 Å². The first-order valence-corrected chi connectivity index (χ1v) is 8.14. The molecular formula is C13H14BrClN2OS. The van der Waals surface area contributed by atoms with Crippen molar-refractivity contribution in [1.82, 2.24) is 4.98 Å². The number of nitrogens with one attached hydrogen (secondary N) is 1. The Kier molecular flexibility index (Phi) is 4.81. The lowest BCUT2D eigenvalue weighted by Crippen LogP contribution is -2.22. The first kappa shape index (κ1) is 14.8. The molecule has 3 nitrogen and oxygen atoms in total. The van der Waals surface area contributed by atoms with Crippen molar-refractivity contribution in [2.45, 2.75) is 31.5 Å². The lowest BCUT2D eigenvalue weighted by Gasteiger charge is -2.06. The van der Waals surface area contributed by atoms with Crippen LogP contribution in [0.5, 0.6) is 0 Å². The minimum atomic E-state index is -0.171. The first-order chi connectivity index (χ1) is 9.01. The summed E-state index contributed by atoms with van der Waals surface area (Å²) in [6.07, 6.45) is 1.76. The molecule has 2 rings (SSSR count). The Labute approximate surface area is 129 Å². The third-order valence-electron chi connectivity index (χ3n) is 2.73. The van der Waals surface area contributed by atoms with Crippen molar-refractivity contribution >= 4 is 60.1 Å². The molecule has 1 aromatic heterocycles. The number of fused-ring (bicyclic) bond motifs is 1. The van der Waals surface area contributed by atoms with Crippen molar-refractivity contribution < 1.29 is 4.79 Å². The standard InChI is InChI=1S/C13H14BrClN2OS/c1-3-4-8(14)12(18)17-13-16-10-6-9(15)7(2)5-11(10)19-13/h5-6,8H,3-4H2,1-2H3,(H,16,17,18)/t8-/m1/s1. The largest absolute Gasteiger partial charge is 0.301 e. The average Bonchev–Trinajstić information content (AvgIpc) is 2.71. The molecular weight excluding hydrogens is 348 g/mol. The minimum absolute atomic E-state index is 0.0521. The predicted octanol–water partition coefficient (Wildman–Crippen LogP) is 4.76. The second-order valence-electron chi connectivity index (χ2n) is 4.33. The van der Waals surface area contributed by atoms with E-state index in [0.717, 1.165) is 28.6 Å². The highest BCUT2D eigenvalue weighted by Gasteiger charge is 2.16. The summed E-state index contributed by atoms with van der Waals surface area (Å²) in [5, 5.41) is 4.14. The summed E-state index contributed by atoms with van der Waals surface area (Å²) in [6.45, 7) is 4.00. The number of halogens is 2. The number of carbonyl (C=O) groups excluding carboxylic acids is 1. The van der Waals surface area contributed by atoms with Gasteiger partial charge in [-0.1, -0.05) is 52.2 Å². The second kappa shape index (κ2) is 6.20. The Balaban J connectivity index is 2.20. The molecule has 102 valence electrons. The third kappa shape index (κ3) is 3.46. The van der Waals surface area contributed by atoms with E-state index in [9.17, 15) is 4.79 Å². The minimum Gasteiger partial charge on any atom is -0.301 e. The number of amides is 1. The summed E-state index contributed by atoms with van der Waals surface area (Å²) in [5.41, 5.74) is 1.83. The van der Waals surface area contributed by atoms with Crippen molar-refractivity contribution in [3.05, 3.63) is 22.7 Å². The average molecular weight is 362 g/mol. The molecule has 0 aliphatic rings. The van der Waals surface area contributed by atoms with Crippen molar-refractivity contribution in [3.8, 4) is 0 Å². The Morgan fingerprint density at radius 2 is 2.32 bits per heavy atom. The number of rotatable bonds is 4. The summed E-state index contributed by atoms with van der Waals surface area (Å²) in [6, 6.07) is 3.82. The zero-order chi connectivity index (χ0) is 14.0. The molecule has 1 heterocycles. The number of aryl methyl sites for hydroxylation is 1. The van der Waals surface area contributed by atoms with Gasteiger partial charge in [-0.15, -0.1) is 0 Å². The van der Waals surface area contributed by atoms with Crippen molar-refractivity contribution in [2.24, 2.45) is 0 Å². The van der Waals surface area contributed by atoms with E-state index in [0.29, 0.717) is 10.2 Å². The van der Waals surface area contributed by atoms with Gasteiger partial charge in [-0.25, -0.2) is 4.98 Å². The summed E-state index contributed by atoms with van der Waals surface area (Å²) >= 11 is 10.9. The SMILES string of the molecule is CCC[C@@H](Br)C(=O)Nc1nc2cc(Cl)c(C)cc2s1. The van der Waals surface area contributed by atoms with Crippen molar-refractivity contribution in [1.29, 1.82) is 0 Å². The van der Waals surface area contributed by atoms with Crippen LogP contribution in [-0.2, 0) is 4.79 Å². The van der Waals surface area contributed by atoms with Crippen molar-refractivity contribution in [3.63, 3.8) is 0 Å². The number of hydrogen-bond donors (Lipinski definition) is 1. The first-order valence-electron chi connectivity index (χ1n) is 6.03. The van der Waals surface area contributed by atoms with Gasteiger partial charge in [0.25, 0.3) is 0 Å². The molecule has 0 spiro atoms. The van der Waals surface area contributed by atoms with E-state index in [2.05, 4.69) is 26.2 Å². The Morgan fingerprint density at radius 1 is 1.58 bits per heavy atom. The van der Waals surface area contributed by atoms with Crippen molar-refractivity contribution in [2.75, 3.05) is 5.32 Å². The topological polar surface area (TPSA) is 42.0 Å². The van der Waals surface area contributed by atoms with Gasteiger partial charge in [-0.05, 0) is 31.0 Å². The number of hydrogen-bond acceptors (Lipinski definition) is 3. The quantitative estimate of drug-likeness (QED) is 0.798. The van der Waals surface area contributed by atoms with Crippen LogP contribution in [0.1, 0.15) is 25.3 Å². The predicted molar refractivity (Wildman–Crippen MR) is 85.6 cm³/mol. The van der Waals surface area contributed by atoms with E-state index in [1.165, 1.54) is 11.3 Å². The van der Waals surface area contributed by atoms with E-state index in [1.807, 2.05) is 26.0 Å². The van der Waals surface area contributed by atoms with Gasteiger partial charge in [0.05, 0.1) is 15.0 Å². The van der Waals surface area contributed by atoms with Gasteiger partial charge >= 0.3 is 0 Å². The molecule has 0 fully saturated rings. The van der Waals surface area contributed by atoms with Gasteiger partial charge in [0.2, 0.25) is 5.91 Å². The van der Waals surface area contributed by atoms with Gasteiger partial charge < -0.3 is 5.32 Å². The molecule has 19 heavy (non-hydrogen) atoms. The highest BCUT2D eigenvalue weighted by atomic mass is 79.9. The third-order valence-corrected chi connectivity index (χ3v) is 4.94. The van der Waals surface area contributed by atoms with E-state index in [1.54, 1.807) is 0 Å². The van der Waals surface area contributed by atoms with Crippen LogP contribution in [0, 0.1) is 6.92 Å². The van der Waals surface area contributed by atoms with Crippen LogP contribution >= 0.6 is 38.9 Å². The van der Waals surface area contributed by atoms with Gasteiger partial charge in [-0.3, -0.25) is 4.79 Å². The molecule has 0 bridgehead atoms. The van der Waals surface area contributed by atoms with E-state index in [4.69, 9.17) is 11.6 Å². The van der Waals surface area contributed by atoms with E-state index >= 15 is 0 Å². The fourth-order valence-electron chi connectivity index (χ4n) is 1.67. The Hall–Kier alpha value is -0.650. The summed E-state index contributed by atoms with van der Waals surface area (Å²) in [5.74, 6) is -0.0521. The highest BCUT2D eigenvalue weighted by Crippen LogP contribution is 2.30. The Morgan fingerprint density at radius 3 is 3.00 bits per heavy atom. The maximum atomic E-state index is 11.9. The molecule has 0 aliphatic heterocycles. The van der Waals surface area contributed by atoms with Crippen LogP contribution in [0.2, 0.25) is 5.02 Å². The number of benzene rings is 1. The summed E-state index contributed by atoms with van der Waals surface area (Å²) in [4.78, 5) is 16.1. The lowest BCUT2D eigenvalue weighted by atomic mass is 10.2. The molecule has 0 aliphatic carbocycles. The number of nitrogens with zero attached hydrogens (tertiary/aromatic N) is 1. The van der Waals surface area contributed by atoms with Gasteiger partial charge in [-0.2, -0.15) is 0 Å². The smallest absolute Gasteiger partial charge is 0.239 e. The molecule has 0 radical (unpaired) electrons. The van der Waals surface area contributed by atoms with E-state index < -0.39 is 0 Å². The summed E-state index contributed by atoms with van der Waals surface area (Å²) < 4.78 is 1.03.